The number of unbranched alkanes of at least 4 members (excludes halogenated alkanes) is 2. The Morgan fingerprint density at radius 1 is 1.00 bits per heavy atom. The maximum Gasteiger partial charge on any atom is 0.332 e. The molecule has 0 bridgehead atoms. The second kappa shape index (κ2) is 12.4. The van der Waals surface area contributed by atoms with Gasteiger partial charge in [0, 0.05) is 32.6 Å². The highest BCUT2D eigenvalue weighted by Crippen LogP contribution is 2.16. The SMILES string of the molecule is CCN(CC)C(=O)Cn1c(=O)n(CCCCCC(=O)NCc2ccc(F)cc2)c(=O)c2sccc21. The van der Waals surface area contributed by atoms with Crippen molar-refractivity contribution < 1.29 is 14.0 Å². The average molecular weight is 503 g/mol. The number of amides is 2. The Kier molecular flexibility index (Phi) is 9.36. The van der Waals surface area contributed by atoms with Gasteiger partial charge in [-0.2, -0.15) is 0 Å². The van der Waals surface area contributed by atoms with Crippen molar-refractivity contribution in [1.82, 2.24) is 19.4 Å². The average Bonchev–Trinajstić information content (AvgIpc) is 3.34. The lowest BCUT2D eigenvalue weighted by Gasteiger charge is -2.20. The van der Waals surface area contributed by atoms with Crippen molar-refractivity contribution in [2.45, 2.75) is 59.2 Å². The van der Waals surface area contributed by atoms with Crippen LogP contribution >= 0.6 is 11.3 Å². The van der Waals surface area contributed by atoms with Crippen molar-refractivity contribution in [3.8, 4) is 0 Å². The summed E-state index contributed by atoms with van der Waals surface area (Å²) in [6.45, 7) is 5.32. The lowest BCUT2D eigenvalue weighted by atomic mass is 10.1. The topological polar surface area (TPSA) is 93.4 Å². The van der Waals surface area contributed by atoms with Crippen molar-refractivity contribution in [2.24, 2.45) is 0 Å². The first-order chi connectivity index (χ1) is 16.8. The minimum Gasteiger partial charge on any atom is -0.352 e. The minimum absolute atomic E-state index is 0.108. The summed E-state index contributed by atoms with van der Waals surface area (Å²) in [7, 11) is 0. The molecule has 0 aliphatic heterocycles. The van der Waals surface area contributed by atoms with Crippen LogP contribution in [-0.2, 0) is 29.2 Å². The van der Waals surface area contributed by atoms with Gasteiger partial charge >= 0.3 is 5.69 Å². The highest BCUT2D eigenvalue weighted by atomic mass is 32.1. The lowest BCUT2D eigenvalue weighted by molar-refractivity contribution is -0.131. The number of rotatable bonds is 12. The van der Waals surface area contributed by atoms with Crippen LogP contribution in [0.2, 0.25) is 0 Å². The first-order valence-electron chi connectivity index (χ1n) is 11.9. The van der Waals surface area contributed by atoms with Crippen molar-refractivity contribution in [3.05, 3.63) is 67.9 Å². The van der Waals surface area contributed by atoms with Gasteiger partial charge < -0.3 is 10.2 Å². The second-order valence-corrected chi connectivity index (χ2v) is 9.16. The van der Waals surface area contributed by atoms with E-state index in [2.05, 4.69) is 5.32 Å². The van der Waals surface area contributed by atoms with Gasteiger partial charge in [0.15, 0.2) is 0 Å². The highest BCUT2D eigenvalue weighted by molar-refractivity contribution is 7.17. The fraction of sp³-hybridized carbons (Fsp3) is 0.440. The molecule has 0 saturated heterocycles. The minimum atomic E-state index is -0.488. The van der Waals surface area contributed by atoms with E-state index in [0.717, 1.165) is 5.56 Å². The predicted octanol–water partition coefficient (Wildman–Crippen LogP) is 3.11. The second-order valence-electron chi connectivity index (χ2n) is 8.24. The van der Waals surface area contributed by atoms with E-state index in [4.69, 9.17) is 0 Å². The summed E-state index contributed by atoms with van der Waals surface area (Å²) in [5, 5.41) is 4.55. The van der Waals surface area contributed by atoms with Crippen molar-refractivity contribution in [1.29, 1.82) is 0 Å². The third kappa shape index (κ3) is 6.66. The number of nitrogens with zero attached hydrogens (tertiary/aromatic N) is 3. The Morgan fingerprint density at radius 2 is 1.71 bits per heavy atom. The molecule has 3 rings (SSSR count). The van der Waals surface area contributed by atoms with Gasteiger partial charge in [0.1, 0.15) is 17.1 Å². The number of carbonyl (C=O) groups is 2. The maximum absolute atomic E-state index is 13.1. The molecule has 0 saturated carbocycles. The van der Waals surface area contributed by atoms with Crippen LogP contribution < -0.4 is 16.6 Å². The van der Waals surface area contributed by atoms with Gasteiger partial charge in [0.05, 0.1) is 5.52 Å². The van der Waals surface area contributed by atoms with Crippen molar-refractivity contribution in [2.75, 3.05) is 13.1 Å². The quantitative estimate of drug-likeness (QED) is 0.385. The Morgan fingerprint density at radius 3 is 2.40 bits per heavy atom. The largest absolute Gasteiger partial charge is 0.352 e. The molecule has 0 aliphatic rings. The molecule has 1 N–H and O–H groups in total. The summed E-state index contributed by atoms with van der Waals surface area (Å²) in [5.41, 5.74) is 0.473. The number of halogens is 1. The summed E-state index contributed by atoms with van der Waals surface area (Å²) in [4.78, 5) is 52.4. The molecule has 10 heteroatoms. The van der Waals surface area contributed by atoms with Gasteiger partial charge in [-0.05, 0) is 55.8 Å². The van der Waals surface area contributed by atoms with E-state index in [1.54, 1.807) is 28.5 Å². The van der Waals surface area contributed by atoms with Gasteiger partial charge in [-0.1, -0.05) is 18.6 Å². The zero-order chi connectivity index (χ0) is 25.4. The molecule has 2 amide bonds. The molecular weight excluding hydrogens is 471 g/mol. The fourth-order valence-corrected chi connectivity index (χ4v) is 4.76. The smallest absolute Gasteiger partial charge is 0.332 e. The predicted molar refractivity (Wildman–Crippen MR) is 135 cm³/mol. The molecule has 3 aromatic rings. The number of benzene rings is 1. The monoisotopic (exact) mass is 502 g/mol. The fourth-order valence-electron chi connectivity index (χ4n) is 3.92. The Hall–Kier alpha value is -3.27. The van der Waals surface area contributed by atoms with Crippen LogP contribution in [0.3, 0.4) is 0 Å². The standard InChI is InChI=1S/C25H31FN4O4S/c1-3-28(4-2)22(32)17-30-20-13-15-35-23(20)24(33)29(25(30)34)14-7-5-6-8-21(31)27-16-18-9-11-19(26)12-10-18/h9-13,15H,3-8,14,16-17H2,1-2H3,(H,27,31). The molecule has 1 aromatic carbocycles. The number of likely N-dealkylation sites (N-methyl/N-ethyl adjacent to an activating group) is 1. The maximum atomic E-state index is 13.1. The first kappa shape index (κ1) is 26.3. The summed E-state index contributed by atoms with van der Waals surface area (Å²) < 4.78 is 16.0. The van der Waals surface area contributed by atoms with E-state index in [9.17, 15) is 23.6 Å². The van der Waals surface area contributed by atoms with Crippen molar-refractivity contribution in [3.63, 3.8) is 0 Å². The van der Waals surface area contributed by atoms with E-state index in [1.165, 1.54) is 32.6 Å². The number of fused-ring (bicyclic) bond motifs is 1. The van der Waals surface area contributed by atoms with E-state index in [1.807, 2.05) is 13.8 Å². The number of thiophene rings is 1. The molecule has 2 aromatic heterocycles. The Bertz CT molecular complexity index is 1280. The summed E-state index contributed by atoms with van der Waals surface area (Å²) in [6, 6.07) is 7.66. The van der Waals surface area contributed by atoms with Gasteiger partial charge in [0.2, 0.25) is 11.8 Å². The lowest BCUT2D eigenvalue weighted by Crippen LogP contribution is -2.43. The molecule has 0 fully saturated rings. The first-order valence-corrected chi connectivity index (χ1v) is 12.7. The third-order valence-electron chi connectivity index (χ3n) is 5.93. The van der Waals surface area contributed by atoms with Crippen LogP contribution in [0.4, 0.5) is 4.39 Å². The third-order valence-corrected chi connectivity index (χ3v) is 6.83. The summed E-state index contributed by atoms with van der Waals surface area (Å²) >= 11 is 1.26. The van der Waals surface area contributed by atoms with Gasteiger partial charge in [-0.15, -0.1) is 11.3 Å². The molecule has 0 radical (unpaired) electrons. The number of aromatic nitrogens is 2. The normalized spacial score (nSPS) is 11.1. The number of carbonyl (C=O) groups excluding carboxylic acids is 2. The van der Waals surface area contributed by atoms with Crippen molar-refractivity contribution >= 4 is 33.4 Å². The van der Waals surface area contributed by atoms with Gasteiger partial charge in [-0.25, -0.2) is 9.18 Å². The molecular formula is C25H31FN4O4S. The van der Waals surface area contributed by atoms with Crippen LogP contribution in [-0.4, -0.2) is 38.9 Å². The molecule has 0 atom stereocenters. The molecule has 2 heterocycles. The molecule has 188 valence electrons. The van der Waals surface area contributed by atoms with Crippen LogP contribution in [0, 0.1) is 5.82 Å². The molecule has 35 heavy (non-hydrogen) atoms. The van der Waals surface area contributed by atoms with E-state index in [-0.39, 0.29) is 36.3 Å². The molecule has 0 unspecified atom stereocenters. The molecule has 0 spiro atoms. The zero-order valence-electron chi connectivity index (χ0n) is 20.1. The summed E-state index contributed by atoms with van der Waals surface area (Å²) in [6.07, 6.45) is 2.15. The Balaban J connectivity index is 1.57. The number of nitrogens with one attached hydrogen (secondary N) is 1. The van der Waals surface area contributed by atoms with E-state index < -0.39 is 5.69 Å². The zero-order valence-corrected chi connectivity index (χ0v) is 20.9. The Labute approximate surface area is 207 Å². The van der Waals surface area contributed by atoms with E-state index in [0.29, 0.717) is 55.5 Å². The van der Waals surface area contributed by atoms with E-state index >= 15 is 0 Å². The number of hydrogen-bond donors (Lipinski definition) is 1. The summed E-state index contributed by atoms with van der Waals surface area (Å²) in [5.74, 6) is -0.593. The molecule has 0 aliphatic carbocycles. The van der Waals surface area contributed by atoms with Crippen LogP contribution in [0.25, 0.3) is 10.2 Å². The van der Waals surface area contributed by atoms with Crippen LogP contribution in [0.15, 0.2) is 45.3 Å². The number of hydrogen-bond acceptors (Lipinski definition) is 5. The van der Waals surface area contributed by atoms with Gasteiger partial charge in [-0.3, -0.25) is 23.5 Å². The van der Waals surface area contributed by atoms with Crippen LogP contribution in [0.5, 0.6) is 0 Å². The van der Waals surface area contributed by atoms with Gasteiger partial charge in [0.25, 0.3) is 5.56 Å². The molecule has 8 nitrogen and oxygen atoms in total. The highest BCUT2D eigenvalue weighted by Gasteiger charge is 2.18. The van der Waals surface area contributed by atoms with Crippen LogP contribution in [0.1, 0.15) is 45.1 Å².